The molecule has 0 fully saturated rings. The van der Waals surface area contributed by atoms with E-state index in [9.17, 15) is 5.11 Å². The second-order valence-electron chi connectivity index (χ2n) is 4.56. The second kappa shape index (κ2) is 5.15. The van der Waals surface area contributed by atoms with Gasteiger partial charge < -0.3 is 5.11 Å². The Morgan fingerprint density at radius 3 is 1.41 bits per heavy atom. The lowest BCUT2D eigenvalue weighted by Gasteiger charge is -2.15. The van der Waals surface area contributed by atoms with Crippen molar-refractivity contribution in [3.8, 4) is 0 Å². The van der Waals surface area contributed by atoms with Crippen LogP contribution >= 0.6 is 0 Å². The normalized spacial score (nSPS) is 10.8. The monoisotopic (exact) mass is 226 g/mol. The maximum atomic E-state index is 9.57. The molecule has 88 valence electrons. The lowest BCUT2D eigenvalue weighted by atomic mass is 9.91. The first-order valence-electron chi connectivity index (χ1n) is 5.94. The Kier molecular flexibility index (Phi) is 3.60. The van der Waals surface area contributed by atoms with Gasteiger partial charge in [-0.25, -0.2) is 0 Å². The van der Waals surface area contributed by atoms with Crippen molar-refractivity contribution in [2.24, 2.45) is 0 Å². The smallest absolute Gasteiger partial charge is 0.0540 e. The fraction of sp³-hybridized carbons (Fsp3) is 0.250. The molecule has 1 N–H and O–H groups in total. The summed E-state index contributed by atoms with van der Waals surface area (Å²) >= 11 is 0. The Bertz CT molecular complexity index is 422. The summed E-state index contributed by atoms with van der Waals surface area (Å²) in [6.45, 7) is 4.29. The zero-order valence-corrected chi connectivity index (χ0v) is 10.4. The minimum Gasteiger partial charge on any atom is -0.395 e. The second-order valence-corrected chi connectivity index (χ2v) is 4.56. The molecule has 2 rings (SSSR count). The fourth-order valence-corrected chi connectivity index (χ4v) is 2.00. The number of aliphatic hydroxyl groups excluding tert-OH is 1. The van der Waals surface area contributed by atoms with Crippen LogP contribution in [0.15, 0.2) is 48.5 Å². The van der Waals surface area contributed by atoms with Gasteiger partial charge in [0.2, 0.25) is 0 Å². The lowest BCUT2D eigenvalue weighted by Crippen LogP contribution is -2.05. The lowest BCUT2D eigenvalue weighted by molar-refractivity contribution is 0.280. The van der Waals surface area contributed by atoms with Crippen LogP contribution in [0.5, 0.6) is 0 Å². The van der Waals surface area contributed by atoms with Gasteiger partial charge in [0, 0.05) is 5.92 Å². The molecule has 0 saturated carbocycles. The molecule has 0 radical (unpaired) electrons. The first-order valence-corrected chi connectivity index (χ1v) is 5.94. The predicted molar refractivity (Wildman–Crippen MR) is 71.3 cm³/mol. The van der Waals surface area contributed by atoms with Crippen LogP contribution in [-0.4, -0.2) is 11.7 Å². The molecule has 17 heavy (non-hydrogen) atoms. The molecule has 0 saturated heterocycles. The molecule has 0 aliphatic heterocycles. The molecular formula is C16H18O. The van der Waals surface area contributed by atoms with E-state index < -0.39 is 0 Å². The minimum atomic E-state index is 0.0798. The Balaban J connectivity index is 2.33. The molecule has 0 amide bonds. The van der Waals surface area contributed by atoms with E-state index in [0.29, 0.717) is 0 Å². The van der Waals surface area contributed by atoms with Gasteiger partial charge in [-0.05, 0) is 25.0 Å². The number of aliphatic hydroxyl groups is 1. The molecule has 0 heterocycles. The summed E-state index contributed by atoms with van der Waals surface area (Å²) in [6.07, 6.45) is 0. The summed E-state index contributed by atoms with van der Waals surface area (Å²) in [6, 6.07) is 16.7. The van der Waals surface area contributed by atoms with Crippen LogP contribution in [0, 0.1) is 13.8 Å². The van der Waals surface area contributed by atoms with Crippen LogP contribution in [0.3, 0.4) is 0 Å². The molecule has 0 aromatic heterocycles. The van der Waals surface area contributed by atoms with Crippen molar-refractivity contribution in [3.63, 3.8) is 0 Å². The van der Waals surface area contributed by atoms with Gasteiger partial charge in [0.25, 0.3) is 0 Å². The van der Waals surface area contributed by atoms with Crippen molar-refractivity contribution in [2.45, 2.75) is 19.8 Å². The molecule has 0 unspecified atom stereocenters. The third kappa shape index (κ3) is 2.75. The predicted octanol–water partition coefficient (Wildman–Crippen LogP) is 3.43. The molecule has 0 spiro atoms. The van der Waals surface area contributed by atoms with Crippen LogP contribution in [0.25, 0.3) is 0 Å². The van der Waals surface area contributed by atoms with E-state index in [4.69, 9.17) is 0 Å². The van der Waals surface area contributed by atoms with Gasteiger partial charge in [0.05, 0.1) is 6.61 Å². The summed E-state index contributed by atoms with van der Waals surface area (Å²) in [5.74, 6) is 0.0798. The Morgan fingerprint density at radius 1 is 0.765 bits per heavy atom. The molecule has 0 aliphatic carbocycles. The van der Waals surface area contributed by atoms with E-state index in [1.807, 2.05) is 0 Å². The summed E-state index contributed by atoms with van der Waals surface area (Å²) in [5.41, 5.74) is 4.83. The Hall–Kier alpha value is -1.60. The number of hydrogen-bond acceptors (Lipinski definition) is 1. The SMILES string of the molecule is Cc1ccc(C(CO)c2ccc(C)cc2)cc1. The molecule has 0 atom stereocenters. The zero-order chi connectivity index (χ0) is 12.3. The van der Waals surface area contributed by atoms with Crippen molar-refractivity contribution in [1.29, 1.82) is 0 Å². The van der Waals surface area contributed by atoms with Crippen LogP contribution in [0.2, 0.25) is 0 Å². The number of aryl methyl sites for hydroxylation is 2. The van der Waals surface area contributed by atoms with Crippen molar-refractivity contribution >= 4 is 0 Å². The maximum Gasteiger partial charge on any atom is 0.0540 e. The summed E-state index contributed by atoms with van der Waals surface area (Å²) in [4.78, 5) is 0. The summed E-state index contributed by atoms with van der Waals surface area (Å²) in [7, 11) is 0. The number of hydrogen-bond donors (Lipinski definition) is 1. The molecule has 1 heteroatoms. The van der Waals surface area contributed by atoms with E-state index in [1.165, 1.54) is 22.3 Å². The van der Waals surface area contributed by atoms with Gasteiger partial charge in [-0.1, -0.05) is 59.7 Å². The Labute approximate surface area is 103 Å². The third-order valence-corrected chi connectivity index (χ3v) is 3.14. The molecule has 2 aromatic carbocycles. The molecule has 0 aliphatic rings. The quantitative estimate of drug-likeness (QED) is 0.850. The van der Waals surface area contributed by atoms with Crippen LogP contribution in [0.4, 0.5) is 0 Å². The third-order valence-electron chi connectivity index (χ3n) is 3.14. The summed E-state index contributed by atoms with van der Waals surface area (Å²) < 4.78 is 0. The van der Waals surface area contributed by atoms with Gasteiger partial charge >= 0.3 is 0 Å². The highest BCUT2D eigenvalue weighted by Crippen LogP contribution is 2.24. The van der Waals surface area contributed by atoms with Crippen molar-refractivity contribution < 1.29 is 5.11 Å². The van der Waals surface area contributed by atoms with E-state index >= 15 is 0 Å². The van der Waals surface area contributed by atoms with E-state index in [0.717, 1.165) is 0 Å². The van der Waals surface area contributed by atoms with Crippen LogP contribution < -0.4 is 0 Å². The first-order chi connectivity index (χ1) is 8.20. The Morgan fingerprint density at radius 2 is 1.12 bits per heavy atom. The van der Waals surface area contributed by atoms with Gasteiger partial charge in [-0.3, -0.25) is 0 Å². The average molecular weight is 226 g/mol. The maximum absolute atomic E-state index is 9.57. The van der Waals surface area contributed by atoms with Crippen LogP contribution in [-0.2, 0) is 0 Å². The van der Waals surface area contributed by atoms with E-state index in [-0.39, 0.29) is 12.5 Å². The highest BCUT2D eigenvalue weighted by atomic mass is 16.3. The highest BCUT2D eigenvalue weighted by Gasteiger charge is 2.12. The molecule has 2 aromatic rings. The summed E-state index contributed by atoms with van der Waals surface area (Å²) in [5, 5.41) is 9.57. The largest absolute Gasteiger partial charge is 0.395 e. The van der Waals surface area contributed by atoms with Gasteiger partial charge in [0.1, 0.15) is 0 Å². The van der Waals surface area contributed by atoms with Crippen molar-refractivity contribution in [2.75, 3.05) is 6.61 Å². The van der Waals surface area contributed by atoms with E-state index in [1.54, 1.807) is 0 Å². The number of rotatable bonds is 3. The highest BCUT2D eigenvalue weighted by molar-refractivity contribution is 5.35. The van der Waals surface area contributed by atoms with Gasteiger partial charge in [-0.2, -0.15) is 0 Å². The zero-order valence-electron chi connectivity index (χ0n) is 10.4. The minimum absolute atomic E-state index is 0.0798. The standard InChI is InChI=1S/C16H18O/c1-12-3-7-14(8-4-12)16(11-17)15-9-5-13(2)6-10-15/h3-10,16-17H,11H2,1-2H3. The first kappa shape index (κ1) is 11.9. The van der Waals surface area contributed by atoms with Gasteiger partial charge in [-0.15, -0.1) is 0 Å². The molecular weight excluding hydrogens is 208 g/mol. The van der Waals surface area contributed by atoms with Crippen molar-refractivity contribution in [3.05, 3.63) is 70.8 Å². The molecule has 0 bridgehead atoms. The van der Waals surface area contributed by atoms with Crippen molar-refractivity contribution in [1.82, 2.24) is 0 Å². The average Bonchev–Trinajstić information content (AvgIpc) is 2.35. The van der Waals surface area contributed by atoms with E-state index in [2.05, 4.69) is 62.4 Å². The van der Waals surface area contributed by atoms with Gasteiger partial charge in [0.15, 0.2) is 0 Å². The fourth-order valence-electron chi connectivity index (χ4n) is 2.00. The topological polar surface area (TPSA) is 20.2 Å². The number of benzene rings is 2. The molecule has 1 nitrogen and oxygen atoms in total. The van der Waals surface area contributed by atoms with Crippen LogP contribution in [0.1, 0.15) is 28.2 Å².